The molecule has 7 nitrogen and oxygen atoms in total. The van der Waals surface area contributed by atoms with Crippen molar-refractivity contribution in [2.45, 2.75) is 17.4 Å². The topological polar surface area (TPSA) is 128 Å². The van der Waals surface area contributed by atoms with Crippen LogP contribution in [0.2, 0.25) is 0 Å². The molecule has 1 unspecified atom stereocenters. The summed E-state index contributed by atoms with van der Waals surface area (Å²) in [7, 11) is -2.35. The third-order valence-corrected chi connectivity index (χ3v) is 3.47. The lowest BCUT2D eigenvalue weighted by Crippen LogP contribution is -2.27. The number of nitrogen functional groups attached to an aromatic ring is 1. The van der Waals surface area contributed by atoms with E-state index in [9.17, 15) is 8.42 Å². The Morgan fingerprint density at radius 2 is 2.16 bits per heavy atom. The van der Waals surface area contributed by atoms with Gasteiger partial charge < -0.3 is 20.9 Å². The monoisotopic (exact) mass is 289 g/mol. The Kier molecular flexibility index (Phi) is 5.55. The Balaban J connectivity index is 3.05. The van der Waals surface area contributed by atoms with E-state index >= 15 is 0 Å². The van der Waals surface area contributed by atoms with Crippen molar-refractivity contribution < 1.29 is 18.3 Å². The van der Waals surface area contributed by atoms with E-state index in [0.717, 1.165) is 0 Å². The van der Waals surface area contributed by atoms with E-state index < -0.39 is 10.0 Å². The van der Waals surface area contributed by atoms with E-state index in [2.05, 4.69) is 5.32 Å². The van der Waals surface area contributed by atoms with Crippen LogP contribution in [0.5, 0.6) is 0 Å². The highest BCUT2D eigenvalue weighted by Crippen LogP contribution is 2.24. The summed E-state index contributed by atoms with van der Waals surface area (Å²) in [6.45, 7) is 0.287. The number of anilines is 2. The highest BCUT2D eigenvalue weighted by atomic mass is 32.2. The van der Waals surface area contributed by atoms with Gasteiger partial charge in [-0.25, -0.2) is 13.6 Å². The number of primary sulfonamides is 1. The van der Waals surface area contributed by atoms with Crippen molar-refractivity contribution in [2.24, 2.45) is 5.14 Å². The molecule has 0 aliphatic rings. The fourth-order valence-corrected chi connectivity index (χ4v) is 2.40. The number of sulfonamides is 1. The molecule has 0 fully saturated rings. The van der Waals surface area contributed by atoms with Gasteiger partial charge >= 0.3 is 0 Å². The van der Waals surface area contributed by atoms with Gasteiger partial charge in [0.2, 0.25) is 10.0 Å². The molecule has 0 heterocycles. The molecule has 0 aromatic heterocycles. The van der Waals surface area contributed by atoms with Gasteiger partial charge in [-0.15, -0.1) is 0 Å². The van der Waals surface area contributed by atoms with Gasteiger partial charge in [-0.05, 0) is 24.6 Å². The summed E-state index contributed by atoms with van der Waals surface area (Å²) in [6, 6.07) is 4.18. The molecule has 0 saturated heterocycles. The molecule has 6 N–H and O–H groups in total. The molecule has 0 spiro atoms. The predicted molar refractivity (Wildman–Crippen MR) is 73.2 cm³/mol. The molecule has 0 saturated carbocycles. The molecule has 1 rings (SSSR count). The molecule has 0 aliphatic carbocycles. The molecule has 1 aromatic rings. The van der Waals surface area contributed by atoms with Gasteiger partial charge in [-0.2, -0.15) is 0 Å². The highest BCUT2D eigenvalue weighted by molar-refractivity contribution is 7.89. The average molecular weight is 289 g/mol. The van der Waals surface area contributed by atoms with Gasteiger partial charge in [-0.3, -0.25) is 0 Å². The van der Waals surface area contributed by atoms with Gasteiger partial charge in [0.25, 0.3) is 0 Å². The average Bonchev–Trinajstić information content (AvgIpc) is 2.31. The molecule has 1 atom stereocenters. The van der Waals surface area contributed by atoms with Crippen LogP contribution in [0.25, 0.3) is 0 Å². The Bertz CT molecular complexity index is 513. The van der Waals surface area contributed by atoms with E-state index in [1.54, 1.807) is 6.07 Å². The van der Waals surface area contributed by atoms with Crippen LogP contribution in [-0.2, 0) is 14.8 Å². The van der Waals surface area contributed by atoms with Gasteiger partial charge in [0.05, 0.1) is 18.3 Å². The van der Waals surface area contributed by atoms with Crippen molar-refractivity contribution in [3.8, 4) is 0 Å². The van der Waals surface area contributed by atoms with E-state index in [0.29, 0.717) is 24.4 Å². The Labute approximate surface area is 112 Å². The highest BCUT2D eigenvalue weighted by Gasteiger charge is 2.17. The third-order valence-electron chi connectivity index (χ3n) is 2.52. The minimum Gasteiger partial charge on any atom is -0.399 e. The number of hydrogen-bond acceptors (Lipinski definition) is 6. The zero-order valence-corrected chi connectivity index (χ0v) is 11.5. The summed E-state index contributed by atoms with van der Waals surface area (Å²) >= 11 is 0. The second kappa shape index (κ2) is 6.71. The minimum absolute atomic E-state index is 0.0410. The largest absolute Gasteiger partial charge is 0.399 e. The Morgan fingerprint density at radius 3 is 2.68 bits per heavy atom. The lowest BCUT2D eigenvalue weighted by atomic mass is 10.2. The summed E-state index contributed by atoms with van der Waals surface area (Å²) in [5.41, 5.74) is 6.21. The standard InChI is InChI=1S/C11H19N3O4S/c1-18-7-9(4-5-15)14-10-3-2-8(12)6-11(10)19(13,16)17/h2-3,6,9,14-15H,4-5,7,12H2,1H3,(H2,13,16,17). The summed E-state index contributed by atoms with van der Waals surface area (Å²) in [4.78, 5) is -0.0773. The van der Waals surface area contributed by atoms with Crippen molar-refractivity contribution in [2.75, 3.05) is 31.4 Å². The first-order valence-corrected chi connectivity index (χ1v) is 7.21. The molecule has 0 amide bonds. The summed E-state index contributed by atoms with van der Waals surface area (Å²) in [5.74, 6) is 0. The normalized spacial score (nSPS) is 13.2. The van der Waals surface area contributed by atoms with Crippen molar-refractivity contribution >= 4 is 21.4 Å². The minimum atomic E-state index is -3.88. The first-order valence-electron chi connectivity index (χ1n) is 5.67. The lowest BCUT2D eigenvalue weighted by Gasteiger charge is -2.20. The first-order chi connectivity index (χ1) is 8.88. The molecule has 108 valence electrons. The number of nitrogens with one attached hydrogen (secondary N) is 1. The third kappa shape index (κ3) is 4.67. The molecule has 19 heavy (non-hydrogen) atoms. The zero-order valence-electron chi connectivity index (χ0n) is 10.7. The van der Waals surface area contributed by atoms with E-state index in [-0.39, 0.29) is 17.5 Å². The van der Waals surface area contributed by atoms with Crippen LogP contribution in [0.4, 0.5) is 11.4 Å². The molecular formula is C11H19N3O4S. The number of methoxy groups -OCH3 is 1. The number of benzene rings is 1. The Hall–Kier alpha value is -1.35. The van der Waals surface area contributed by atoms with Gasteiger partial charge in [0.15, 0.2) is 0 Å². The molecule has 0 radical (unpaired) electrons. The van der Waals surface area contributed by atoms with Gasteiger partial charge in [0, 0.05) is 19.4 Å². The van der Waals surface area contributed by atoms with Crippen molar-refractivity contribution in [1.29, 1.82) is 0 Å². The van der Waals surface area contributed by atoms with Gasteiger partial charge in [-0.1, -0.05) is 0 Å². The van der Waals surface area contributed by atoms with Crippen molar-refractivity contribution in [1.82, 2.24) is 0 Å². The van der Waals surface area contributed by atoms with Crippen molar-refractivity contribution in [3.05, 3.63) is 18.2 Å². The maximum absolute atomic E-state index is 11.5. The molecule has 0 bridgehead atoms. The maximum atomic E-state index is 11.5. The maximum Gasteiger partial charge on any atom is 0.240 e. The van der Waals surface area contributed by atoms with E-state index in [1.807, 2.05) is 0 Å². The first kappa shape index (κ1) is 15.7. The summed E-state index contributed by atoms with van der Waals surface area (Å²) in [6.07, 6.45) is 0.419. The van der Waals surface area contributed by atoms with Crippen LogP contribution in [0.15, 0.2) is 23.1 Å². The second-order valence-electron chi connectivity index (χ2n) is 4.11. The van der Waals surface area contributed by atoms with Crippen LogP contribution < -0.4 is 16.2 Å². The SMILES string of the molecule is COCC(CCO)Nc1ccc(N)cc1S(N)(=O)=O. The summed E-state index contributed by atoms with van der Waals surface area (Å²) in [5, 5.41) is 17.1. The molecule has 0 aliphatic heterocycles. The van der Waals surface area contributed by atoms with Crippen molar-refractivity contribution in [3.63, 3.8) is 0 Å². The molecule has 8 heteroatoms. The zero-order chi connectivity index (χ0) is 14.5. The fraction of sp³-hybridized carbons (Fsp3) is 0.455. The Morgan fingerprint density at radius 1 is 1.47 bits per heavy atom. The second-order valence-corrected chi connectivity index (χ2v) is 5.64. The number of hydrogen-bond donors (Lipinski definition) is 4. The fourth-order valence-electron chi connectivity index (χ4n) is 1.67. The predicted octanol–water partition coefficient (Wildman–Crippen LogP) is -0.274. The smallest absolute Gasteiger partial charge is 0.240 e. The lowest BCUT2D eigenvalue weighted by molar-refractivity contribution is 0.170. The van der Waals surface area contributed by atoms with E-state index in [1.165, 1.54) is 19.2 Å². The number of nitrogens with two attached hydrogens (primary N) is 2. The molecular weight excluding hydrogens is 270 g/mol. The molecule has 1 aromatic carbocycles. The van der Waals surface area contributed by atoms with Crippen LogP contribution in [0.1, 0.15) is 6.42 Å². The summed E-state index contributed by atoms with van der Waals surface area (Å²) < 4.78 is 28.0. The quantitative estimate of drug-likeness (QED) is 0.511. The van der Waals surface area contributed by atoms with Crippen LogP contribution in [0, 0.1) is 0 Å². The number of ether oxygens (including phenoxy) is 1. The number of aliphatic hydroxyl groups excluding tert-OH is 1. The van der Waals surface area contributed by atoms with Gasteiger partial charge in [0.1, 0.15) is 4.90 Å². The number of rotatable bonds is 7. The number of aliphatic hydroxyl groups is 1. The van der Waals surface area contributed by atoms with Crippen LogP contribution in [-0.4, -0.2) is 39.9 Å². The van der Waals surface area contributed by atoms with Crippen LogP contribution >= 0.6 is 0 Å². The van der Waals surface area contributed by atoms with E-state index in [4.69, 9.17) is 20.7 Å². The van der Waals surface area contributed by atoms with Crippen LogP contribution in [0.3, 0.4) is 0 Å².